The lowest BCUT2D eigenvalue weighted by atomic mass is 9.89. The number of nitrogens with one attached hydrogen (secondary N) is 1. The zero-order valence-corrected chi connectivity index (χ0v) is 7.38. The number of rotatable bonds is 3. The minimum Gasteiger partial charge on any atom is -0.395 e. The Labute approximate surface area is 73.2 Å². The number of aliphatic hydroxyl groups is 1. The van der Waals surface area contributed by atoms with Gasteiger partial charge in [-0.2, -0.15) is 0 Å². The Hall–Kier alpha value is -0.570. The van der Waals surface area contributed by atoms with E-state index in [2.05, 4.69) is 5.32 Å². The molecule has 1 fully saturated rings. The zero-order valence-electron chi connectivity index (χ0n) is 7.38. The van der Waals surface area contributed by atoms with E-state index in [0.717, 1.165) is 12.8 Å². The molecule has 1 saturated carbocycles. The fraction of sp³-hybridized carbons (Fsp3) is 0.889. The van der Waals surface area contributed by atoms with Gasteiger partial charge in [0, 0.05) is 12.5 Å². The largest absolute Gasteiger partial charge is 0.395 e. The van der Waals surface area contributed by atoms with Crippen molar-refractivity contribution in [1.29, 1.82) is 0 Å². The van der Waals surface area contributed by atoms with Gasteiger partial charge in [-0.15, -0.1) is 0 Å². The number of aliphatic hydroxyl groups excluding tert-OH is 1. The van der Waals surface area contributed by atoms with Gasteiger partial charge < -0.3 is 10.4 Å². The van der Waals surface area contributed by atoms with Gasteiger partial charge in [-0.25, -0.2) is 0 Å². The number of hydrogen-bond acceptors (Lipinski definition) is 2. The van der Waals surface area contributed by atoms with Crippen molar-refractivity contribution in [2.45, 2.75) is 32.1 Å². The Balaban J connectivity index is 2.20. The van der Waals surface area contributed by atoms with Gasteiger partial charge in [0.25, 0.3) is 0 Å². The van der Waals surface area contributed by atoms with Crippen LogP contribution in [0.15, 0.2) is 0 Å². The summed E-state index contributed by atoms with van der Waals surface area (Å²) in [6, 6.07) is 0. The molecule has 1 amide bonds. The van der Waals surface area contributed by atoms with Crippen LogP contribution in [-0.2, 0) is 4.79 Å². The fourth-order valence-corrected chi connectivity index (χ4v) is 1.69. The molecule has 3 nitrogen and oxygen atoms in total. The molecule has 0 aliphatic heterocycles. The lowest BCUT2D eigenvalue weighted by Crippen LogP contribution is -2.33. The van der Waals surface area contributed by atoms with E-state index in [-0.39, 0.29) is 18.4 Å². The zero-order chi connectivity index (χ0) is 8.81. The van der Waals surface area contributed by atoms with Gasteiger partial charge in [-0.1, -0.05) is 19.3 Å². The van der Waals surface area contributed by atoms with E-state index in [1.54, 1.807) is 0 Å². The first-order valence-corrected chi connectivity index (χ1v) is 4.73. The Morgan fingerprint density at radius 2 is 2.00 bits per heavy atom. The van der Waals surface area contributed by atoms with E-state index in [0.29, 0.717) is 6.54 Å². The normalized spacial score (nSPS) is 19.1. The molecule has 0 spiro atoms. The third-order valence-electron chi connectivity index (χ3n) is 2.39. The van der Waals surface area contributed by atoms with Gasteiger partial charge >= 0.3 is 0 Å². The molecule has 1 aliphatic carbocycles. The van der Waals surface area contributed by atoms with Crippen LogP contribution in [0.3, 0.4) is 0 Å². The smallest absolute Gasteiger partial charge is 0.223 e. The van der Waals surface area contributed by atoms with E-state index in [1.165, 1.54) is 19.3 Å². The molecule has 12 heavy (non-hydrogen) atoms. The summed E-state index contributed by atoms with van der Waals surface area (Å²) in [6.07, 6.45) is 5.67. The van der Waals surface area contributed by atoms with Crippen molar-refractivity contribution in [1.82, 2.24) is 5.32 Å². The molecule has 3 heteroatoms. The SMILES string of the molecule is O=C(NCCO)C1CCCCC1. The average molecular weight is 171 g/mol. The summed E-state index contributed by atoms with van der Waals surface area (Å²) in [5.41, 5.74) is 0. The molecule has 0 aromatic heterocycles. The fourth-order valence-electron chi connectivity index (χ4n) is 1.69. The van der Waals surface area contributed by atoms with Crippen LogP contribution in [0.25, 0.3) is 0 Å². The van der Waals surface area contributed by atoms with E-state index in [9.17, 15) is 4.79 Å². The van der Waals surface area contributed by atoms with Crippen molar-refractivity contribution in [3.8, 4) is 0 Å². The van der Waals surface area contributed by atoms with Crippen LogP contribution < -0.4 is 5.32 Å². The number of amides is 1. The van der Waals surface area contributed by atoms with Crippen LogP contribution in [0.2, 0.25) is 0 Å². The first-order chi connectivity index (χ1) is 5.84. The first kappa shape index (κ1) is 9.52. The minimum absolute atomic E-state index is 0.0401. The molecule has 1 aliphatic rings. The highest BCUT2D eigenvalue weighted by Crippen LogP contribution is 2.23. The van der Waals surface area contributed by atoms with Crippen molar-refractivity contribution in [3.63, 3.8) is 0 Å². The summed E-state index contributed by atoms with van der Waals surface area (Å²) < 4.78 is 0. The third kappa shape index (κ3) is 2.81. The Morgan fingerprint density at radius 1 is 1.33 bits per heavy atom. The van der Waals surface area contributed by atoms with Gasteiger partial charge in [0.15, 0.2) is 0 Å². The number of carbonyl (C=O) groups is 1. The van der Waals surface area contributed by atoms with Crippen molar-refractivity contribution >= 4 is 5.91 Å². The first-order valence-electron chi connectivity index (χ1n) is 4.73. The summed E-state index contributed by atoms with van der Waals surface area (Å²) in [5, 5.41) is 11.2. The van der Waals surface area contributed by atoms with E-state index in [4.69, 9.17) is 5.11 Å². The lowest BCUT2D eigenvalue weighted by Gasteiger charge is -2.20. The lowest BCUT2D eigenvalue weighted by molar-refractivity contribution is -0.126. The van der Waals surface area contributed by atoms with Crippen molar-refractivity contribution in [2.24, 2.45) is 5.92 Å². The molecule has 0 unspecified atom stereocenters. The molecule has 0 saturated heterocycles. The second kappa shape index (κ2) is 5.14. The highest BCUT2D eigenvalue weighted by molar-refractivity contribution is 5.78. The van der Waals surface area contributed by atoms with E-state index < -0.39 is 0 Å². The van der Waals surface area contributed by atoms with Crippen LogP contribution in [0.1, 0.15) is 32.1 Å². The molecule has 1 rings (SSSR count). The molecular formula is C9H17NO2. The van der Waals surface area contributed by atoms with Crippen molar-refractivity contribution < 1.29 is 9.90 Å². The summed E-state index contributed by atoms with van der Waals surface area (Å²) in [5.74, 6) is 0.342. The topological polar surface area (TPSA) is 49.3 Å². The number of hydrogen-bond donors (Lipinski definition) is 2. The van der Waals surface area contributed by atoms with E-state index in [1.807, 2.05) is 0 Å². The van der Waals surface area contributed by atoms with Crippen LogP contribution >= 0.6 is 0 Å². The van der Waals surface area contributed by atoms with Crippen molar-refractivity contribution in [3.05, 3.63) is 0 Å². The molecule has 0 atom stereocenters. The molecule has 0 radical (unpaired) electrons. The quantitative estimate of drug-likeness (QED) is 0.656. The maximum Gasteiger partial charge on any atom is 0.223 e. The van der Waals surface area contributed by atoms with Gasteiger partial charge in [-0.05, 0) is 12.8 Å². The standard InChI is InChI=1S/C9H17NO2/c11-7-6-10-9(12)8-4-2-1-3-5-8/h8,11H,1-7H2,(H,10,12). The maximum absolute atomic E-state index is 11.3. The number of carbonyl (C=O) groups excluding carboxylic acids is 1. The second-order valence-corrected chi connectivity index (χ2v) is 3.35. The van der Waals surface area contributed by atoms with Crippen LogP contribution in [0.5, 0.6) is 0 Å². The highest BCUT2D eigenvalue weighted by atomic mass is 16.3. The molecule has 0 aromatic rings. The van der Waals surface area contributed by atoms with Crippen molar-refractivity contribution in [2.75, 3.05) is 13.2 Å². The monoisotopic (exact) mass is 171 g/mol. The Bertz CT molecular complexity index is 141. The third-order valence-corrected chi connectivity index (χ3v) is 2.39. The molecule has 70 valence electrons. The molecule has 0 aromatic carbocycles. The van der Waals surface area contributed by atoms with Crippen LogP contribution in [-0.4, -0.2) is 24.2 Å². The minimum atomic E-state index is 0.0401. The van der Waals surface area contributed by atoms with Gasteiger partial charge in [-0.3, -0.25) is 4.79 Å². The van der Waals surface area contributed by atoms with E-state index >= 15 is 0 Å². The predicted molar refractivity (Wildman–Crippen MR) is 46.7 cm³/mol. The molecule has 0 bridgehead atoms. The molecule has 2 N–H and O–H groups in total. The maximum atomic E-state index is 11.3. The van der Waals surface area contributed by atoms with Crippen LogP contribution in [0.4, 0.5) is 0 Å². The molecule has 0 heterocycles. The van der Waals surface area contributed by atoms with Crippen LogP contribution in [0, 0.1) is 5.92 Å². The highest BCUT2D eigenvalue weighted by Gasteiger charge is 2.19. The average Bonchev–Trinajstić information content (AvgIpc) is 2.15. The van der Waals surface area contributed by atoms with Gasteiger partial charge in [0.05, 0.1) is 6.61 Å². The predicted octanol–water partition coefficient (Wildman–Crippen LogP) is 0.675. The second-order valence-electron chi connectivity index (χ2n) is 3.35. The summed E-state index contributed by atoms with van der Waals surface area (Å²) in [7, 11) is 0. The molecular weight excluding hydrogens is 154 g/mol. The Morgan fingerprint density at radius 3 is 2.58 bits per heavy atom. The van der Waals surface area contributed by atoms with Gasteiger partial charge in [0.1, 0.15) is 0 Å². The summed E-state index contributed by atoms with van der Waals surface area (Å²) in [4.78, 5) is 11.3. The summed E-state index contributed by atoms with van der Waals surface area (Å²) >= 11 is 0. The Kier molecular flexibility index (Phi) is 4.08. The summed E-state index contributed by atoms with van der Waals surface area (Å²) in [6.45, 7) is 0.438. The van der Waals surface area contributed by atoms with Gasteiger partial charge in [0.2, 0.25) is 5.91 Å².